The Bertz CT molecular complexity index is 543. The quantitative estimate of drug-likeness (QED) is 0.591. The van der Waals surface area contributed by atoms with Gasteiger partial charge in [-0.25, -0.2) is 0 Å². The summed E-state index contributed by atoms with van der Waals surface area (Å²) in [4.78, 5) is 13.2. The van der Waals surface area contributed by atoms with Gasteiger partial charge in [0.1, 0.15) is 0 Å². The van der Waals surface area contributed by atoms with Crippen LogP contribution in [0.3, 0.4) is 0 Å². The Morgan fingerprint density at radius 3 is 2.86 bits per heavy atom. The van der Waals surface area contributed by atoms with Crippen LogP contribution in [-0.4, -0.2) is 17.1 Å². The Hall–Kier alpha value is -1.14. The van der Waals surface area contributed by atoms with Crippen molar-refractivity contribution in [2.24, 2.45) is 11.8 Å². The van der Waals surface area contributed by atoms with Crippen molar-refractivity contribution in [3.05, 3.63) is 21.9 Å². The highest BCUT2D eigenvalue weighted by molar-refractivity contribution is 7.80. The van der Waals surface area contributed by atoms with E-state index in [2.05, 4.69) is 23.1 Å². The van der Waals surface area contributed by atoms with E-state index < -0.39 is 0 Å². The van der Waals surface area contributed by atoms with Crippen LogP contribution in [-0.2, 0) is 6.42 Å². The Kier molecular flexibility index (Phi) is 4.45. The molecule has 3 N–H and O–H groups in total. The lowest BCUT2D eigenvalue weighted by molar-refractivity contribution is 0.0944. The summed E-state index contributed by atoms with van der Waals surface area (Å²) in [5, 5.41) is 5.74. The predicted octanol–water partition coefficient (Wildman–Crippen LogP) is 2.61. The van der Waals surface area contributed by atoms with Crippen LogP contribution in [0.1, 0.15) is 47.8 Å². The third-order valence-corrected chi connectivity index (χ3v) is 5.91. The number of aryl methyl sites for hydroxylation is 1. The zero-order valence-corrected chi connectivity index (χ0v) is 13.8. The van der Waals surface area contributed by atoms with Crippen molar-refractivity contribution in [2.45, 2.75) is 45.1 Å². The summed E-state index contributed by atoms with van der Waals surface area (Å²) >= 11 is 6.88. The number of hydrogen-bond acceptors (Lipinski definition) is 3. The summed E-state index contributed by atoms with van der Waals surface area (Å²) < 4.78 is 0. The summed E-state index contributed by atoms with van der Waals surface area (Å²) in [6.07, 6.45) is 6.19. The van der Waals surface area contributed by atoms with Gasteiger partial charge in [0, 0.05) is 16.3 Å². The van der Waals surface area contributed by atoms with Crippen molar-refractivity contribution < 1.29 is 4.79 Å². The zero-order chi connectivity index (χ0) is 14.8. The molecule has 4 nitrogen and oxygen atoms in total. The lowest BCUT2D eigenvalue weighted by Crippen LogP contribution is -2.50. The van der Waals surface area contributed by atoms with E-state index in [9.17, 15) is 4.79 Å². The van der Waals surface area contributed by atoms with Gasteiger partial charge in [0.2, 0.25) is 0 Å². The minimum absolute atomic E-state index is 0.136. The van der Waals surface area contributed by atoms with Crippen molar-refractivity contribution in [3.63, 3.8) is 0 Å². The van der Waals surface area contributed by atoms with Gasteiger partial charge < -0.3 is 5.32 Å². The number of carbonyl (C=O) groups is 1. The number of carbonyl (C=O) groups excluding carboxylic acids is 1. The average molecular weight is 323 g/mol. The smallest absolute Gasteiger partial charge is 0.270 e. The first-order valence-electron chi connectivity index (χ1n) is 7.60. The number of nitrogens with one attached hydrogen (secondary N) is 3. The van der Waals surface area contributed by atoms with Gasteiger partial charge in [0.25, 0.3) is 5.91 Å². The van der Waals surface area contributed by atoms with Gasteiger partial charge in [0.15, 0.2) is 5.11 Å². The van der Waals surface area contributed by atoms with Crippen LogP contribution < -0.4 is 16.2 Å². The maximum Gasteiger partial charge on any atom is 0.270 e. The molecular formula is C15H21N3OS2. The average Bonchev–Trinajstić information content (AvgIpc) is 3.20. The van der Waals surface area contributed by atoms with Crippen LogP contribution in [0, 0.1) is 11.8 Å². The molecular weight excluding hydrogens is 302 g/mol. The molecule has 0 aliphatic heterocycles. The molecule has 1 aromatic rings. The fourth-order valence-electron chi connectivity index (χ4n) is 3.50. The molecule has 0 aromatic carbocycles. The number of hydrogen-bond donors (Lipinski definition) is 3. The topological polar surface area (TPSA) is 53.2 Å². The lowest BCUT2D eigenvalue weighted by atomic mass is 9.96. The summed E-state index contributed by atoms with van der Waals surface area (Å²) in [6, 6.07) is 2.40. The molecule has 114 valence electrons. The van der Waals surface area contributed by atoms with Crippen LogP contribution in [0.25, 0.3) is 0 Å². The van der Waals surface area contributed by atoms with E-state index in [0.29, 0.717) is 16.7 Å². The molecule has 1 amide bonds. The van der Waals surface area contributed by atoms with Crippen LogP contribution in [0.4, 0.5) is 0 Å². The highest BCUT2D eigenvalue weighted by Gasteiger charge is 2.39. The monoisotopic (exact) mass is 323 g/mol. The zero-order valence-electron chi connectivity index (χ0n) is 12.1. The first kappa shape index (κ1) is 14.8. The van der Waals surface area contributed by atoms with E-state index in [1.54, 1.807) is 11.3 Å². The van der Waals surface area contributed by atoms with Crippen LogP contribution >= 0.6 is 23.6 Å². The van der Waals surface area contributed by atoms with Gasteiger partial charge in [-0.3, -0.25) is 15.6 Å². The molecule has 2 saturated carbocycles. The molecule has 2 aliphatic carbocycles. The number of thiophene rings is 1. The molecule has 1 aromatic heterocycles. The Morgan fingerprint density at radius 2 is 2.24 bits per heavy atom. The molecule has 6 heteroatoms. The van der Waals surface area contributed by atoms with Crippen molar-refractivity contribution in [1.82, 2.24) is 16.2 Å². The summed E-state index contributed by atoms with van der Waals surface area (Å²) in [6.45, 7) is 2.08. The van der Waals surface area contributed by atoms with E-state index in [4.69, 9.17) is 12.2 Å². The third-order valence-electron chi connectivity index (χ3n) is 4.61. The predicted molar refractivity (Wildman–Crippen MR) is 89.3 cm³/mol. The van der Waals surface area contributed by atoms with Gasteiger partial charge in [-0.1, -0.05) is 13.3 Å². The van der Waals surface area contributed by atoms with E-state index in [1.807, 2.05) is 11.4 Å². The standard InChI is InChI=1S/C15H21N3OS2/c1-2-12-7-11(8-21-12)14(19)17-18-15(20)16-13-6-9-3-4-10(13)5-9/h7-10,13H,2-6H2,1H3,(H,17,19)(H2,16,18,20)/t9-,10-,13+/m1/s1. The second kappa shape index (κ2) is 6.32. The molecule has 3 rings (SSSR count). The molecule has 2 fully saturated rings. The molecule has 2 bridgehead atoms. The molecule has 2 aliphatic rings. The van der Waals surface area contributed by atoms with Crippen molar-refractivity contribution >= 4 is 34.6 Å². The minimum Gasteiger partial charge on any atom is -0.358 e. The first-order chi connectivity index (χ1) is 10.2. The van der Waals surface area contributed by atoms with Crippen molar-refractivity contribution in [3.8, 4) is 0 Å². The fourth-order valence-corrected chi connectivity index (χ4v) is 4.51. The van der Waals surface area contributed by atoms with Crippen LogP contribution in [0.15, 0.2) is 11.4 Å². The highest BCUT2D eigenvalue weighted by atomic mass is 32.1. The SMILES string of the molecule is CCc1cc(C(=O)NNC(=S)N[C@H]2C[C@@H]3CC[C@@H]2C3)cs1. The molecule has 0 saturated heterocycles. The van der Waals surface area contributed by atoms with Gasteiger partial charge in [0.05, 0.1) is 5.56 Å². The van der Waals surface area contributed by atoms with E-state index in [-0.39, 0.29) is 5.91 Å². The van der Waals surface area contributed by atoms with Gasteiger partial charge in [-0.2, -0.15) is 0 Å². The maximum atomic E-state index is 12.0. The van der Waals surface area contributed by atoms with Gasteiger partial charge in [-0.05, 0) is 55.8 Å². The van der Waals surface area contributed by atoms with E-state index in [1.165, 1.54) is 30.6 Å². The van der Waals surface area contributed by atoms with Gasteiger partial charge in [-0.15, -0.1) is 11.3 Å². The van der Waals surface area contributed by atoms with Crippen molar-refractivity contribution in [1.29, 1.82) is 0 Å². The number of thiocarbonyl (C=S) groups is 1. The molecule has 0 radical (unpaired) electrons. The Morgan fingerprint density at radius 1 is 1.38 bits per heavy atom. The minimum atomic E-state index is -0.136. The summed E-state index contributed by atoms with van der Waals surface area (Å²) in [5.74, 6) is 1.50. The van der Waals surface area contributed by atoms with Crippen LogP contribution in [0.5, 0.6) is 0 Å². The van der Waals surface area contributed by atoms with Crippen molar-refractivity contribution in [2.75, 3.05) is 0 Å². The maximum absolute atomic E-state index is 12.0. The number of rotatable bonds is 3. The van der Waals surface area contributed by atoms with Crippen LogP contribution in [0.2, 0.25) is 0 Å². The van der Waals surface area contributed by atoms with E-state index in [0.717, 1.165) is 18.3 Å². The fraction of sp³-hybridized carbons (Fsp3) is 0.600. The highest BCUT2D eigenvalue weighted by Crippen LogP contribution is 2.44. The second-order valence-electron chi connectivity index (χ2n) is 5.99. The molecule has 0 spiro atoms. The molecule has 3 atom stereocenters. The Balaban J connectivity index is 1.44. The number of amides is 1. The van der Waals surface area contributed by atoms with Gasteiger partial charge >= 0.3 is 0 Å². The molecule has 1 heterocycles. The summed E-state index contributed by atoms with van der Waals surface area (Å²) in [7, 11) is 0. The normalized spacial score (nSPS) is 26.6. The summed E-state index contributed by atoms with van der Waals surface area (Å²) in [5.41, 5.74) is 6.18. The molecule has 0 unspecified atom stereocenters. The second-order valence-corrected chi connectivity index (χ2v) is 7.39. The number of hydrazine groups is 1. The largest absolute Gasteiger partial charge is 0.358 e. The lowest BCUT2D eigenvalue weighted by Gasteiger charge is -2.24. The first-order valence-corrected chi connectivity index (χ1v) is 8.88. The number of fused-ring (bicyclic) bond motifs is 2. The van der Waals surface area contributed by atoms with E-state index >= 15 is 0 Å². The third kappa shape index (κ3) is 3.37. The molecule has 21 heavy (non-hydrogen) atoms. The Labute approximate surface area is 134 Å².